The van der Waals surface area contributed by atoms with Gasteiger partial charge in [0.05, 0.1) is 23.8 Å². The second-order valence-electron chi connectivity index (χ2n) is 5.97. The van der Waals surface area contributed by atoms with Gasteiger partial charge in [-0.1, -0.05) is 53.7 Å². The Morgan fingerprint density at radius 3 is 2.69 bits per heavy atom. The predicted molar refractivity (Wildman–Crippen MR) is 108 cm³/mol. The lowest BCUT2D eigenvalue weighted by Gasteiger charge is -2.09. The lowest BCUT2D eigenvalue weighted by atomic mass is 10.2. The van der Waals surface area contributed by atoms with Gasteiger partial charge in [-0.05, 0) is 30.2 Å². The van der Waals surface area contributed by atoms with Crippen molar-refractivity contribution in [2.75, 3.05) is 18.6 Å². The summed E-state index contributed by atoms with van der Waals surface area (Å²) in [5, 5.41) is 1.57. The van der Waals surface area contributed by atoms with Crippen molar-refractivity contribution in [3.05, 3.63) is 59.1 Å². The molecule has 0 unspecified atom stereocenters. The molecule has 1 aromatic heterocycles. The number of benzene rings is 2. The Kier molecular flexibility index (Phi) is 6.24. The minimum Gasteiger partial charge on any atom is -0.314 e. The van der Waals surface area contributed by atoms with Gasteiger partial charge in [0.15, 0.2) is 5.16 Å². The number of sulfonamides is 1. The van der Waals surface area contributed by atoms with E-state index in [1.54, 1.807) is 11.8 Å². The largest absolute Gasteiger partial charge is 0.314 e. The van der Waals surface area contributed by atoms with E-state index in [4.69, 9.17) is 16.6 Å². The first-order valence-corrected chi connectivity index (χ1v) is 11.4. The number of nitrogens with one attached hydrogen (secondary N) is 1. The number of rotatable bonds is 8. The van der Waals surface area contributed by atoms with Crippen molar-refractivity contribution < 1.29 is 8.42 Å². The summed E-state index contributed by atoms with van der Waals surface area (Å²) in [6.45, 7) is 1.15. The van der Waals surface area contributed by atoms with Crippen LogP contribution in [0.25, 0.3) is 11.0 Å². The number of imidazole rings is 1. The van der Waals surface area contributed by atoms with Crippen molar-refractivity contribution in [2.45, 2.75) is 18.1 Å². The van der Waals surface area contributed by atoms with Crippen LogP contribution in [0, 0.1) is 0 Å². The summed E-state index contributed by atoms with van der Waals surface area (Å²) in [6, 6.07) is 16.0. The summed E-state index contributed by atoms with van der Waals surface area (Å²) in [5.41, 5.74) is 3.10. The van der Waals surface area contributed by atoms with Crippen LogP contribution in [0.1, 0.15) is 12.0 Å². The fourth-order valence-corrected chi connectivity index (χ4v) is 4.24. The number of hydrogen-bond donors (Lipinski definition) is 1. The van der Waals surface area contributed by atoms with Crippen molar-refractivity contribution in [1.82, 2.24) is 14.3 Å². The van der Waals surface area contributed by atoms with E-state index >= 15 is 0 Å². The fraction of sp³-hybridized carbons (Fsp3) is 0.278. The van der Waals surface area contributed by atoms with E-state index in [9.17, 15) is 8.42 Å². The molecule has 0 fully saturated rings. The van der Waals surface area contributed by atoms with Gasteiger partial charge in [0, 0.05) is 17.3 Å². The van der Waals surface area contributed by atoms with Crippen LogP contribution >= 0.6 is 23.4 Å². The summed E-state index contributed by atoms with van der Waals surface area (Å²) in [7, 11) is -3.14. The molecule has 0 aliphatic rings. The van der Waals surface area contributed by atoms with Crippen LogP contribution in [0.15, 0.2) is 53.7 Å². The van der Waals surface area contributed by atoms with Crippen LogP contribution in [-0.2, 0) is 16.6 Å². The lowest BCUT2D eigenvalue weighted by Crippen LogP contribution is -2.23. The van der Waals surface area contributed by atoms with Gasteiger partial charge in [-0.25, -0.2) is 18.1 Å². The molecule has 3 aromatic rings. The molecule has 0 bridgehead atoms. The molecule has 0 spiro atoms. The summed E-state index contributed by atoms with van der Waals surface area (Å²) in [5.74, 6) is 0.772. The van der Waals surface area contributed by atoms with Crippen molar-refractivity contribution in [2.24, 2.45) is 0 Å². The standard InChI is InChI=1S/C18H20ClN3O2S2/c1-26(23,24)20-10-5-11-25-18-21-16-12-15(19)8-9-17(16)22(18)13-14-6-3-2-4-7-14/h2-4,6-9,12,20H,5,10-11,13H2,1H3. The summed E-state index contributed by atoms with van der Waals surface area (Å²) >= 11 is 7.73. The number of fused-ring (bicyclic) bond motifs is 1. The zero-order valence-electron chi connectivity index (χ0n) is 14.4. The molecule has 1 heterocycles. The Labute approximate surface area is 162 Å². The maximum atomic E-state index is 11.1. The molecule has 8 heteroatoms. The van der Waals surface area contributed by atoms with E-state index in [1.807, 2.05) is 36.4 Å². The monoisotopic (exact) mass is 409 g/mol. The molecule has 0 saturated carbocycles. The van der Waals surface area contributed by atoms with Crippen molar-refractivity contribution in [3.63, 3.8) is 0 Å². The van der Waals surface area contributed by atoms with E-state index < -0.39 is 10.0 Å². The van der Waals surface area contributed by atoms with Gasteiger partial charge in [0.25, 0.3) is 0 Å². The maximum absolute atomic E-state index is 11.1. The van der Waals surface area contributed by atoms with Crippen molar-refractivity contribution >= 4 is 44.4 Å². The maximum Gasteiger partial charge on any atom is 0.208 e. The summed E-state index contributed by atoms with van der Waals surface area (Å²) in [6.07, 6.45) is 1.90. The predicted octanol–water partition coefficient (Wildman–Crippen LogP) is 3.77. The number of aromatic nitrogens is 2. The highest BCUT2D eigenvalue weighted by molar-refractivity contribution is 7.99. The van der Waals surface area contributed by atoms with Crippen LogP contribution in [0.3, 0.4) is 0 Å². The van der Waals surface area contributed by atoms with Gasteiger partial charge in [-0.2, -0.15) is 0 Å². The third-order valence-electron chi connectivity index (χ3n) is 3.78. The van der Waals surface area contributed by atoms with Gasteiger partial charge in [-0.3, -0.25) is 0 Å². The molecule has 26 heavy (non-hydrogen) atoms. The molecular formula is C18H20ClN3O2S2. The average molecular weight is 410 g/mol. The van der Waals surface area contributed by atoms with E-state index in [0.717, 1.165) is 34.9 Å². The molecular weight excluding hydrogens is 390 g/mol. The fourth-order valence-electron chi connectivity index (χ4n) is 2.60. The average Bonchev–Trinajstić information content (AvgIpc) is 2.91. The minimum atomic E-state index is -3.14. The molecule has 1 N–H and O–H groups in total. The molecule has 0 amide bonds. The zero-order valence-corrected chi connectivity index (χ0v) is 16.7. The van der Waals surface area contributed by atoms with Crippen molar-refractivity contribution in [3.8, 4) is 0 Å². The Balaban J connectivity index is 1.78. The van der Waals surface area contributed by atoms with E-state index in [1.165, 1.54) is 11.8 Å². The van der Waals surface area contributed by atoms with Gasteiger partial charge in [0.2, 0.25) is 10.0 Å². The third kappa shape index (κ3) is 5.23. The topological polar surface area (TPSA) is 64.0 Å². The van der Waals surface area contributed by atoms with Crippen LogP contribution in [0.5, 0.6) is 0 Å². The van der Waals surface area contributed by atoms with Crippen molar-refractivity contribution in [1.29, 1.82) is 0 Å². The van der Waals surface area contributed by atoms with Gasteiger partial charge < -0.3 is 4.57 Å². The highest BCUT2D eigenvalue weighted by Gasteiger charge is 2.12. The zero-order chi connectivity index (χ0) is 18.6. The summed E-state index contributed by atoms with van der Waals surface area (Å²) < 4.78 is 26.9. The SMILES string of the molecule is CS(=O)(=O)NCCCSc1nc2cc(Cl)ccc2n1Cc1ccccc1. The Bertz CT molecular complexity index is 988. The molecule has 0 atom stereocenters. The number of nitrogens with zero attached hydrogens (tertiary/aromatic N) is 2. The smallest absolute Gasteiger partial charge is 0.208 e. The minimum absolute atomic E-state index is 0.427. The van der Waals surface area contributed by atoms with E-state index in [-0.39, 0.29) is 0 Å². The Hall–Kier alpha value is -1.54. The molecule has 0 aliphatic heterocycles. The highest BCUT2D eigenvalue weighted by atomic mass is 35.5. The highest BCUT2D eigenvalue weighted by Crippen LogP contribution is 2.27. The second-order valence-corrected chi connectivity index (χ2v) is 9.30. The van der Waals surface area contributed by atoms with Crippen LogP contribution < -0.4 is 4.72 Å². The van der Waals surface area contributed by atoms with Gasteiger partial charge >= 0.3 is 0 Å². The molecule has 3 rings (SSSR count). The van der Waals surface area contributed by atoms with E-state index in [2.05, 4.69) is 21.4 Å². The molecule has 0 radical (unpaired) electrons. The molecule has 0 aliphatic carbocycles. The second kappa shape index (κ2) is 8.43. The Morgan fingerprint density at radius 2 is 1.96 bits per heavy atom. The number of hydrogen-bond acceptors (Lipinski definition) is 4. The number of thioether (sulfide) groups is 1. The summed E-state index contributed by atoms with van der Waals surface area (Å²) in [4.78, 5) is 4.72. The van der Waals surface area contributed by atoms with Crippen LogP contribution in [0.2, 0.25) is 5.02 Å². The third-order valence-corrected chi connectivity index (χ3v) is 5.80. The molecule has 5 nitrogen and oxygen atoms in total. The van der Waals surface area contributed by atoms with Gasteiger partial charge in [0.1, 0.15) is 0 Å². The first kappa shape index (κ1) is 19.2. The quantitative estimate of drug-likeness (QED) is 0.454. The molecule has 2 aromatic carbocycles. The molecule has 138 valence electrons. The van der Waals surface area contributed by atoms with Crippen LogP contribution in [0.4, 0.5) is 0 Å². The first-order chi connectivity index (χ1) is 12.4. The molecule has 0 saturated heterocycles. The van der Waals surface area contributed by atoms with E-state index in [0.29, 0.717) is 11.6 Å². The normalized spacial score (nSPS) is 11.9. The van der Waals surface area contributed by atoms with Gasteiger partial charge in [-0.15, -0.1) is 0 Å². The first-order valence-electron chi connectivity index (χ1n) is 8.19. The Morgan fingerprint density at radius 1 is 1.19 bits per heavy atom. The number of halogens is 1. The lowest BCUT2D eigenvalue weighted by molar-refractivity contribution is 0.587. The van der Waals surface area contributed by atoms with Crippen LogP contribution in [-0.4, -0.2) is 36.5 Å².